The van der Waals surface area contributed by atoms with Gasteiger partial charge in [0.25, 0.3) is 5.91 Å². The molecule has 0 spiro atoms. The summed E-state index contributed by atoms with van der Waals surface area (Å²) in [6, 6.07) is 17.5. The number of thioether (sulfide) groups is 1. The number of aliphatic imine (C=N–C) groups is 1. The molecule has 0 aromatic heterocycles. The van der Waals surface area contributed by atoms with Gasteiger partial charge in [-0.15, -0.1) is 0 Å². The molecule has 2 atom stereocenters. The Morgan fingerprint density at radius 1 is 1.06 bits per heavy atom. The van der Waals surface area contributed by atoms with Crippen molar-refractivity contribution in [1.82, 2.24) is 4.90 Å². The Bertz CT molecular complexity index is 1160. The van der Waals surface area contributed by atoms with E-state index in [1.165, 1.54) is 22.9 Å². The predicted molar refractivity (Wildman–Crippen MR) is 126 cm³/mol. The van der Waals surface area contributed by atoms with Crippen LogP contribution in [0.15, 0.2) is 65.7 Å². The van der Waals surface area contributed by atoms with Gasteiger partial charge in [-0.25, -0.2) is 8.42 Å². The van der Waals surface area contributed by atoms with Gasteiger partial charge in [-0.3, -0.25) is 9.79 Å². The Balaban J connectivity index is 1.20. The van der Waals surface area contributed by atoms with Gasteiger partial charge >= 0.3 is 0 Å². The number of carbonyl (C=O) groups is 1. The molecule has 0 bridgehead atoms. The van der Waals surface area contributed by atoms with E-state index >= 15 is 0 Å². The van der Waals surface area contributed by atoms with Crippen LogP contribution in [0.4, 0.5) is 5.69 Å². The summed E-state index contributed by atoms with van der Waals surface area (Å²) >= 11 is 1.49. The maximum Gasteiger partial charge on any atom is 0.254 e. The van der Waals surface area contributed by atoms with Crippen molar-refractivity contribution in [2.45, 2.75) is 17.7 Å². The number of nitrogens with zero attached hydrogens (tertiary/aromatic N) is 2. The highest BCUT2D eigenvalue weighted by atomic mass is 32.2. The molecule has 2 unspecified atom stereocenters. The molecule has 160 valence electrons. The van der Waals surface area contributed by atoms with Crippen LogP contribution in [0.5, 0.6) is 0 Å². The molecule has 8 heteroatoms. The van der Waals surface area contributed by atoms with Crippen molar-refractivity contribution in [3.63, 3.8) is 0 Å². The third-order valence-electron chi connectivity index (χ3n) is 5.84. The van der Waals surface area contributed by atoms with Crippen LogP contribution in [0.1, 0.15) is 22.3 Å². The summed E-state index contributed by atoms with van der Waals surface area (Å²) in [6.45, 7) is 1.32. The molecule has 0 aliphatic carbocycles. The first-order valence-corrected chi connectivity index (χ1v) is 13.0. The van der Waals surface area contributed by atoms with Crippen LogP contribution >= 0.6 is 11.8 Å². The molecule has 5 rings (SSSR count). The van der Waals surface area contributed by atoms with Crippen molar-refractivity contribution >= 4 is 43.9 Å². The maximum atomic E-state index is 12.9. The molecule has 1 amide bonds. The molecule has 31 heavy (non-hydrogen) atoms. The number of hydrogen-bond acceptors (Lipinski definition) is 6. The van der Waals surface area contributed by atoms with Crippen LogP contribution in [0, 0.1) is 0 Å². The van der Waals surface area contributed by atoms with E-state index < -0.39 is 9.84 Å². The van der Waals surface area contributed by atoms with E-state index in [2.05, 4.69) is 28.5 Å². The largest absolute Gasteiger partial charge is 0.335 e. The molecule has 2 aromatic rings. The molecule has 3 aliphatic rings. The molecule has 1 saturated heterocycles. The Morgan fingerprint density at radius 2 is 1.84 bits per heavy atom. The zero-order valence-electron chi connectivity index (χ0n) is 16.9. The topological polar surface area (TPSA) is 78.8 Å². The molecule has 2 aromatic carbocycles. The maximum absolute atomic E-state index is 12.9. The smallest absolute Gasteiger partial charge is 0.254 e. The van der Waals surface area contributed by atoms with Crippen LogP contribution in [0.3, 0.4) is 0 Å². The third-order valence-corrected chi connectivity index (χ3v) is 8.98. The highest BCUT2D eigenvalue weighted by Crippen LogP contribution is 2.34. The number of rotatable bonds is 3. The Hall–Kier alpha value is -2.58. The second-order valence-corrected chi connectivity index (χ2v) is 11.4. The average molecular weight is 454 g/mol. The number of amides is 1. The van der Waals surface area contributed by atoms with Gasteiger partial charge in [0.05, 0.1) is 17.5 Å². The second-order valence-electron chi connectivity index (χ2n) is 8.03. The van der Waals surface area contributed by atoms with Gasteiger partial charge in [-0.1, -0.05) is 48.2 Å². The number of amidine groups is 1. The highest BCUT2D eigenvalue weighted by Gasteiger charge is 2.42. The molecular weight excluding hydrogens is 430 g/mol. The van der Waals surface area contributed by atoms with E-state index in [0.717, 1.165) is 17.3 Å². The lowest BCUT2D eigenvalue weighted by Crippen LogP contribution is -2.34. The van der Waals surface area contributed by atoms with Crippen molar-refractivity contribution in [2.75, 3.05) is 29.9 Å². The van der Waals surface area contributed by atoms with E-state index in [9.17, 15) is 13.2 Å². The summed E-state index contributed by atoms with van der Waals surface area (Å²) in [5, 5.41) is 4.01. The van der Waals surface area contributed by atoms with Crippen molar-refractivity contribution in [3.05, 3.63) is 71.8 Å². The zero-order valence-corrected chi connectivity index (χ0v) is 18.5. The van der Waals surface area contributed by atoms with E-state index in [4.69, 9.17) is 0 Å². The van der Waals surface area contributed by atoms with E-state index in [1.54, 1.807) is 0 Å². The summed E-state index contributed by atoms with van der Waals surface area (Å²) in [7, 11) is -2.95. The van der Waals surface area contributed by atoms with Crippen molar-refractivity contribution in [3.8, 4) is 0 Å². The standard InChI is InChI=1S/C23H23N3O3S2/c27-22(26-12-10-17(11-13-26)16-4-2-1-3-5-16)18-6-8-19(9-7-18)24-23-25-20-14-31(28,29)15-21(20)30-23/h1-10,20-21H,11-15H2,(H,24,25). The summed E-state index contributed by atoms with van der Waals surface area (Å²) in [6.07, 6.45) is 2.99. The van der Waals surface area contributed by atoms with E-state index in [0.29, 0.717) is 18.7 Å². The molecule has 1 fully saturated rings. The fraction of sp³-hybridized carbons (Fsp3) is 0.304. The van der Waals surface area contributed by atoms with Gasteiger partial charge in [0, 0.05) is 29.6 Å². The summed E-state index contributed by atoms with van der Waals surface area (Å²) in [5.41, 5.74) is 4.01. The van der Waals surface area contributed by atoms with Gasteiger partial charge in [0.2, 0.25) is 0 Å². The van der Waals surface area contributed by atoms with Gasteiger partial charge in [-0.2, -0.15) is 0 Å². The lowest BCUT2D eigenvalue weighted by molar-refractivity contribution is 0.0773. The Kier molecular flexibility index (Phi) is 5.35. The van der Waals surface area contributed by atoms with Gasteiger partial charge in [0.1, 0.15) is 0 Å². The Morgan fingerprint density at radius 3 is 2.52 bits per heavy atom. The Labute approximate surface area is 186 Å². The predicted octanol–water partition coefficient (Wildman–Crippen LogP) is 3.30. The van der Waals surface area contributed by atoms with Crippen LogP contribution in [0.2, 0.25) is 0 Å². The minimum absolute atomic E-state index is 0.0151. The normalized spacial score (nSPS) is 24.3. The second kappa shape index (κ2) is 8.16. The van der Waals surface area contributed by atoms with Crippen LogP contribution < -0.4 is 5.32 Å². The summed E-state index contributed by atoms with van der Waals surface area (Å²) in [4.78, 5) is 19.3. The van der Waals surface area contributed by atoms with Crippen molar-refractivity contribution in [2.24, 2.45) is 4.99 Å². The van der Waals surface area contributed by atoms with E-state index in [-0.39, 0.29) is 28.7 Å². The first kappa shape index (κ1) is 20.3. The SMILES string of the molecule is O=C(c1ccc(NC2=NC3CS(=O)(=O)CC3S2)cc1)N1CC=C(c2ccccc2)CC1. The number of carbonyl (C=O) groups excluding carboxylic acids is 1. The minimum Gasteiger partial charge on any atom is -0.335 e. The number of anilines is 1. The quantitative estimate of drug-likeness (QED) is 0.772. The minimum atomic E-state index is -2.95. The van der Waals surface area contributed by atoms with Gasteiger partial charge in [-0.05, 0) is 41.8 Å². The molecule has 0 saturated carbocycles. The molecule has 3 heterocycles. The molecule has 6 nitrogen and oxygen atoms in total. The first-order chi connectivity index (χ1) is 15.0. The first-order valence-electron chi connectivity index (χ1n) is 10.3. The number of nitrogens with one attached hydrogen (secondary N) is 1. The number of benzene rings is 2. The van der Waals surface area contributed by atoms with Crippen LogP contribution in [0.25, 0.3) is 5.57 Å². The van der Waals surface area contributed by atoms with Gasteiger partial charge < -0.3 is 10.2 Å². The van der Waals surface area contributed by atoms with Crippen molar-refractivity contribution in [1.29, 1.82) is 0 Å². The number of sulfone groups is 1. The average Bonchev–Trinajstić information content (AvgIpc) is 3.27. The fourth-order valence-corrected chi connectivity index (χ4v) is 7.86. The summed E-state index contributed by atoms with van der Waals surface area (Å²) < 4.78 is 23.4. The molecule has 1 N–H and O–H groups in total. The molecular formula is C23H23N3O3S2. The number of fused-ring (bicyclic) bond motifs is 1. The van der Waals surface area contributed by atoms with Crippen molar-refractivity contribution < 1.29 is 13.2 Å². The monoisotopic (exact) mass is 453 g/mol. The lowest BCUT2D eigenvalue weighted by Gasteiger charge is -2.27. The van der Waals surface area contributed by atoms with E-state index in [1.807, 2.05) is 47.4 Å². The summed E-state index contributed by atoms with van der Waals surface area (Å²) in [5.74, 6) is 0.363. The lowest BCUT2D eigenvalue weighted by atomic mass is 9.99. The number of hydrogen-bond donors (Lipinski definition) is 1. The zero-order chi connectivity index (χ0) is 21.4. The molecule has 3 aliphatic heterocycles. The van der Waals surface area contributed by atoms with Crippen LogP contribution in [-0.4, -0.2) is 60.3 Å². The third kappa shape index (κ3) is 4.41. The van der Waals surface area contributed by atoms with Gasteiger partial charge in [0.15, 0.2) is 15.0 Å². The van der Waals surface area contributed by atoms with Crippen LogP contribution in [-0.2, 0) is 9.84 Å². The highest BCUT2D eigenvalue weighted by molar-refractivity contribution is 8.15. The fourth-order valence-electron chi connectivity index (χ4n) is 4.19. The molecule has 0 radical (unpaired) electrons.